The van der Waals surface area contributed by atoms with Gasteiger partial charge in [-0.3, -0.25) is 9.69 Å². The number of likely N-dealkylation sites (tertiary alicyclic amines) is 1. The summed E-state index contributed by atoms with van der Waals surface area (Å²) in [5.74, 6) is -0.0674. The van der Waals surface area contributed by atoms with Gasteiger partial charge in [0.1, 0.15) is 0 Å². The number of nitrogens with one attached hydrogen (secondary N) is 1. The summed E-state index contributed by atoms with van der Waals surface area (Å²) in [5, 5.41) is 2.90. The van der Waals surface area contributed by atoms with E-state index in [1.165, 1.54) is 39.0 Å². The lowest BCUT2D eigenvalue weighted by atomic mass is 10.0. The van der Waals surface area contributed by atoms with Crippen molar-refractivity contribution in [3.8, 4) is 11.5 Å². The number of anilines is 1. The topological polar surface area (TPSA) is 77.1 Å². The third kappa shape index (κ3) is 6.21. The molecular weight excluding hydrogens is 396 g/mol. The van der Waals surface area contributed by atoms with Gasteiger partial charge in [-0.2, -0.15) is 0 Å². The zero-order valence-electron chi connectivity index (χ0n) is 18.3. The Hall–Kier alpha value is -3.06. The quantitative estimate of drug-likeness (QED) is 0.646. The van der Waals surface area contributed by atoms with Gasteiger partial charge in [0.15, 0.2) is 18.1 Å². The largest absolute Gasteiger partial charge is 0.493 e. The lowest BCUT2D eigenvalue weighted by molar-refractivity contribution is -0.142. The van der Waals surface area contributed by atoms with Crippen LogP contribution in [-0.4, -0.2) is 50.2 Å². The fraction of sp³-hybridized carbons (Fsp3) is 0.417. The van der Waals surface area contributed by atoms with Gasteiger partial charge in [0.25, 0.3) is 5.91 Å². The van der Waals surface area contributed by atoms with Crippen LogP contribution < -0.4 is 14.8 Å². The number of esters is 1. The monoisotopic (exact) mass is 426 g/mol. The predicted molar refractivity (Wildman–Crippen MR) is 119 cm³/mol. The lowest BCUT2D eigenvalue weighted by Crippen LogP contribution is -2.36. The lowest BCUT2D eigenvalue weighted by Gasteiger charge is -2.33. The maximum Gasteiger partial charge on any atom is 0.343 e. The van der Waals surface area contributed by atoms with Crippen LogP contribution in [0.4, 0.5) is 5.69 Å². The van der Waals surface area contributed by atoms with Crippen LogP contribution >= 0.6 is 0 Å². The summed E-state index contributed by atoms with van der Waals surface area (Å²) in [5.41, 5.74) is 2.34. The number of hydrogen-bond acceptors (Lipinski definition) is 6. The first-order valence-electron chi connectivity index (χ1n) is 10.5. The van der Waals surface area contributed by atoms with Gasteiger partial charge in [0, 0.05) is 23.8 Å². The van der Waals surface area contributed by atoms with Crippen molar-refractivity contribution in [2.24, 2.45) is 0 Å². The number of rotatable bonds is 8. The van der Waals surface area contributed by atoms with Crippen molar-refractivity contribution in [3.05, 3.63) is 53.6 Å². The number of hydrogen-bond donors (Lipinski definition) is 1. The van der Waals surface area contributed by atoms with Crippen molar-refractivity contribution in [3.63, 3.8) is 0 Å². The molecule has 1 aliphatic rings. The molecule has 0 saturated carbocycles. The van der Waals surface area contributed by atoms with Crippen LogP contribution in [-0.2, 0) is 16.1 Å². The Morgan fingerprint density at radius 3 is 2.52 bits per heavy atom. The second-order valence-electron chi connectivity index (χ2n) is 7.70. The van der Waals surface area contributed by atoms with Crippen LogP contribution in [0, 0.1) is 0 Å². The van der Waals surface area contributed by atoms with Crippen molar-refractivity contribution in [1.29, 1.82) is 0 Å². The Labute approximate surface area is 183 Å². The normalized spacial score (nSPS) is 16.4. The highest BCUT2D eigenvalue weighted by Gasteiger charge is 2.18. The summed E-state index contributed by atoms with van der Waals surface area (Å²) in [4.78, 5) is 26.5. The van der Waals surface area contributed by atoms with Crippen molar-refractivity contribution >= 4 is 17.6 Å². The van der Waals surface area contributed by atoms with E-state index in [-0.39, 0.29) is 12.5 Å². The summed E-state index contributed by atoms with van der Waals surface area (Å²) in [6.07, 6.45) is 3.82. The molecule has 31 heavy (non-hydrogen) atoms. The third-order valence-electron chi connectivity index (χ3n) is 5.54. The van der Waals surface area contributed by atoms with E-state index in [2.05, 4.69) is 34.0 Å². The first-order valence-corrected chi connectivity index (χ1v) is 10.5. The highest BCUT2D eigenvalue weighted by Crippen LogP contribution is 2.28. The molecule has 1 N–H and O–H groups in total. The molecule has 2 aromatic carbocycles. The van der Waals surface area contributed by atoms with E-state index in [0.29, 0.717) is 28.8 Å². The van der Waals surface area contributed by atoms with Crippen LogP contribution in [0.1, 0.15) is 42.1 Å². The molecule has 1 amide bonds. The Morgan fingerprint density at radius 1 is 1.06 bits per heavy atom. The maximum absolute atomic E-state index is 12.7. The third-order valence-corrected chi connectivity index (χ3v) is 5.54. The number of methoxy groups -OCH3 is 2. The van der Waals surface area contributed by atoms with Gasteiger partial charge in [-0.15, -0.1) is 0 Å². The Morgan fingerprint density at radius 2 is 1.84 bits per heavy atom. The van der Waals surface area contributed by atoms with Crippen molar-refractivity contribution in [2.45, 2.75) is 38.8 Å². The molecule has 2 aromatic rings. The van der Waals surface area contributed by atoms with E-state index >= 15 is 0 Å². The Bertz CT molecular complexity index is 897. The van der Waals surface area contributed by atoms with Gasteiger partial charge in [-0.05, 0) is 62.2 Å². The highest BCUT2D eigenvalue weighted by molar-refractivity contribution is 6.04. The minimum atomic E-state index is -0.518. The van der Waals surface area contributed by atoms with Crippen LogP contribution in [0.5, 0.6) is 11.5 Å². The molecule has 166 valence electrons. The summed E-state index contributed by atoms with van der Waals surface area (Å²) >= 11 is 0. The van der Waals surface area contributed by atoms with Crippen LogP contribution in [0.2, 0.25) is 0 Å². The van der Waals surface area contributed by atoms with Gasteiger partial charge >= 0.3 is 5.97 Å². The molecule has 0 spiro atoms. The zero-order chi connectivity index (χ0) is 22.2. The molecule has 1 atom stereocenters. The molecule has 3 rings (SSSR count). The highest BCUT2D eigenvalue weighted by atomic mass is 16.6. The van der Waals surface area contributed by atoms with Gasteiger partial charge in [0.2, 0.25) is 0 Å². The molecule has 7 nitrogen and oxygen atoms in total. The fourth-order valence-electron chi connectivity index (χ4n) is 3.65. The smallest absolute Gasteiger partial charge is 0.343 e. The molecule has 1 fully saturated rings. The Balaban J connectivity index is 1.63. The van der Waals surface area contributed by atoms with Crippen molar-refractivity contribution in [1.82, 2.24) is 4.90 Å². The number of carbonyl (C=O) groups excluding carboxylic acids is 2. The molecule has 0 aliphatic carbocycles. The molecule has 0 bridgehead atoms. The molecule has 7 heteroatoms. The summed E-state index contributed by atoms with van der Waals surface area (Å²) < 4.78 is 15.2. The van der Waals surface area contributed by atoms with Crippen molar-refractivity contribution in [2.75, 3.05) is 32.7 Å². The number of ether oxygens (including phenoxy) is 3. The molecule has 1 heterocycles. The Kier molecular flexibility index (Phi) is 7.89. The van der Waals surface area contributed by atoms with E-state index in [1.54, 1.807) is 18.2 Å². The zero-order valence-corrected chi connectivity index (χ0v) is 18.3. The summed E-state index contributed by atoms with van der Waals surface area (Å²) in [6, 6.07) is 13.4. The van der Waals surface area contributed by atoms with Gasteiger partial charge in [0.05, 0.1) is 14.2 Å². The second kappa shape index (κ2) is 10.8. The fourth-order valence-corrected chi connectivity index (χ4v) is 3.65. The second-order valence-corrected chi connectivity index (χ2v) is 7.70. The number of nitrogens with zero attached hydrogens (tertiary/aromatic N) is 1. The van der Waals surface area contributed by atoms with E-state index in [9.17, 15) is 9.59 Å². The van der Waals surface area contributed by atoms with Crippen molar-refractivity contribution < 1.29 is 23.8 Å². The van der Waals surface area contributed by atoms with Gasteiger partial charge in [-0.1, -0.05) is 18.6 Å². The molecule has 1 saturated heterocycles. The molecule has 1 aliphatic heterocycles. The van der Waals surface area contributed by atoms with E-state index in [0.717, 1.165) is 13.1 Å². The van der Waals surface area contributed by atoms with Crippen LogP contribution in [0.25, 0.3) is 0 Å². The van der Waals surface area contributed by atoms with E-state index in [1.807, 2.05) is 12.1 Å². The van der Waals surface area contributed by atoms with Crippen LogP contribution in [0.3, 0.4) is 0 Å². The van der Waals surface area contributed by atoms with Gasteiger partial charge < -0.3 is 19.5 Å². The first-order chi connectivity index (χ1) is 15.0. The van der Waals surface area contributed by atoms with Gasteiger partial charge in [-0.25, -0.2) is 4.79 Å². The minimum Gasteiger partial charge on any atom is -0.493 e. The number of piperidine rings is 1. The summed E-state index contributed by atoms with van der Waals surface area (Å²) in [7, 11) is 2.78. The molecule has 0 radical (unpaired) electrons. The standard InChI is InChI=1S/C24H30N2O5/c1-17-6-4-5-13-26(17)15-18-7-10-20(11-8-18)25-24(28)19-9-12-21(29-2)22(14-19)31-16-23(27)30-3/h7-12,14,17H,4-6,13,15-16H2,1-3H3,(H,25,28). The average Bonchev–Trinajstić information content (AvgIpc) is 2.80. The summed E-state index contributed by atoms with van der Waals surface area (Å²) in [6.45, 7) is 4.08. The maximum atomic E-state index is 12.7. The molecule has 1 unspecified atom stereocenters. The molecular formula is C24H30N2O5. The number of carbonyl (C=O) groups is 2. The molecule has 0 aromatic heterocycles. The van der Waals surface area contributed by atoms with E-state index in [4.69, 9.17) is 9.47 Å². The van der Waals surface area contributed by atoms with Crippen LogP contribution in [0.15, 0.2) is 42.5 Å². The SMILES string of the molecule is COC(=O)COc1cc(C(=O)Nc2ccc(CN3CCCCC3C)cc2)ccc1OC. The first kappa shape index (κ1) is 22.6. The predicted octanol–water partition coefficient (Wildman–Crippen LogP) is 3.87. The van der Waals surface area contributed by atoms with E-state index < -0.39 is 5.97 Å². The average molecular weight is 427 g/mol. The number of benzene rings is 2. The minimum absolute atomic E-state index is 0.269. The number of amides is 1.